The number of benzene rings is 7. The van der Waals surface area contributed by atoms with Crippen LogP contribution in [0.15, 0.2) is 152 Å². The Hall–Kier alpha value is -5.88. The molecule has 10 fully saturated rings. The molecule has 5 heteroatoms. The Kier molecular flexibility index (Phi) is 11.8. The Morgan fingerprint density at radius 2 is 0.656 bits per heavy atom. The van der Waals surface area contributed by atoms with Crippen LogP contribution < -0.4 is 26.2 Å². The molecule has 10 saturated carbocycles. The van der Waals surface area contributed by atoms with E-state index in [-0.39, 0.29) is 29.1 Å². The number of hydrogen-bond acceptors (Lipinski definition) is 4. The second kappa shape index (κ2) is 19.4. The summed E-state index contributed by atoms with van der Waals surface area (Å²) >= 11 is 0. The Labute approximate surface area is 537 Å². The topological polar surface area (TPSA) is 24.9 Å². The summed E-state index contributed by atoms with van der Waals surface area (Å²) in [5, 5.41) is 0. The van der Waals surface area contributed by atoms with Crippen LogP contribution in [0.2, 0.25) is 0 Å². The van der Waals surface area contributed by atoms with E-state index in [9.17, 15) is 0 Å². The van der Waals surface area contributed by atoms with Crippen molar-refractivity contribution in [2.24, 2.45) is 94.7 Å². The van der Waals surface area contributed by atoms with Gasteiger partial charge >= 0.3 is 0 Å². The Balaban J connectivity index is 0.950. The minimum Gasteiger partial charge on any atom is -0.358 e. The highest BCUT2D eigenvalue weighted by atomic mass is 16.5. The summed E-state index contributed by atoms with van der Waals surface area (Å²) in [4.78, 5) is 5.63. The van der Waals surface area contributed by atoms with Gasteiger partial charge in [-0.3, -0.25) is 0 Å². The molecule has 15 unspecified atom stereocenters. The van der Waals surface area contributed by atoms with Crippen LogP contribution >= 0.6 is 0 Å². The first kappa shape index (κ1) is 54.7. The van der Waals surface area contributed by atoms with Gasteiger partial charge in [0.25, 0.3) is 6.71 Å². The molecule has 10 aliphatic carbocycles. The van der Waals surface area contributed by atoms with Gasteiger partial charge in [-0.1, -0.05) is 151 Å². The van der Waals surface area contributed by atoms with E-state index in [0.29, 0.717) is 65.1 Å². The fourth-order valence-corrected chi connectivity index (χ4v) is 26.3. The highest BCUT2D eigenvalue weighted by Gasteiger charge is 2.71. The molecule has 15 atom stereocenters. The maximum absolute atomic E-state index is 8.90. The molecule has 21 rings (SSSR count). The van der Waals surface area contributed by atoms with Crippen LogP contribution in [0.4, 0.5) is 34.1 Å². The summed E-state index contributed by atoms with van der Waals surface area (Å²) in [5.74, 6) is 9.99. The van der Waals surface area contributed by atoms with Crippen LogP contribution in [-0.4, -0.2) is 6.71 Å². The van der Waals surface area contributed by atoms with Gasteiger partial charge in [-0.25, -0.2) is 0 Å². The third kappa shape index (κ3) is 7.19. The van der Waals surface area contributed by atoms with Crippen molar-refractivity contribution in [3.05, 3.63) is 174 Å². The van der Waals surface area contributed by atoms with E-state index in [1.807, 2.05) is 0 Å². The quantitative estimate of drug-likeness (QED) is 0.164. The van der Waals surface area contributed by atoms with Crippen molar-refractivity contribution in [3.63, 3.8) is 0 Å². The maximum atomic E-state index is 8.90. The average Bonchev–Trinajstić information content (AvgIpc) is 1.33. The third-order valence-electron chi connectivity index (χ3n) is 28.6. The largest absolute Gasteiger partial charge is 0.358 e. The predicted molar refractivity (Wildman–Crippen MR) is 369 cm³/mol. The van der Waals surface area contributed by atoms with E-state index in [0.717, 1.165) is 29.6 Å². The van der Waals surface area contributed by atoms with Gasteiger partial charge in [-0.2, -0.15) is 0 Å². The summed E-state index contributed by atoms with van der Waals surface area (Å²) in [5.41, 5.74) is 22.4. The number of rotatable bonds is 4. The monoisotopic (exact) mass is 1180 g/mol. The summed E-state index contributed by atoms with van der Waals surface area (Å²) in [7, 11) is 0. The standard InChI is InChI=1S/C85H93BN2O2/c1-49-27-55-33-52(4)82(62(30-49)37-55)71-45-75-77(47-73(71)84(89-82)54(6)35-57-29-51(3)32-64(84)39-57)87(67-23-15-9-16-24-67)80-69(60-19-11-7-12-20-60)44-70(61-21-13-8-14-22-61)81-79(80)86(75)76-46-72-74(48-78(76)88(81)68-25-17-10-18-26-68)85(65-40-58-36-59(42-65)43-66(85)41-58)90-83(72)53(5)34-56-28-50(2)31-63(83)38-56/h7-26,44-59,62-66H,27-43H2,1-6H3. The summed E-state index contributed by atoms with van der Waals surface area (Å²) in [6.45, 7) is 15.7. The first-order valence-electron chi connectivity index (χ1n) is 36.7. The minimum atomic E-state index is -0.361. The third-order valence-corrected chi connectivity index (χ3v) is 28.6. The lowest BCUT2D eigenvalue weighted by Gasteiger charge is -2.62. The van der Waals surface area contributed by atoms with Gasteiger partial charge in [0, 0.05) is 33.9 Å². The van der Waals surface area contributed by atoms with Crippen molar-refractivity contribution in [2.75, 3.05) is 9.80 Å². The maximum Gasteiger partial charge on any atom is 0.252 e. The molecule has 4 spiro atoms. The number of anilines is 6. The van der Waals surface area contributed by atoms with Gasteiger partial charge in [0.15, 0.2) is 0 Å². The summed E-state index contributed by atoms with van der Waals surface area (Å²) in [6.07, 6.45) is 22.3. The number of fused-ring (bicyclic) bond motifs is 18. The predicted octanol–water partition coefficient (Wildman–Crippen LogP) is 19.7. The molecule has 0 saturated heterocycles. The van der Waals surface area contributed by atoms with E-state index in [1.54, 1.807) is 22.3 Å². The average molecular weight is 1190 g/mol. The number of para-hydroxylation sites is 2. The molecular weight excluding hydrogens is 1090 g/mol. The lowest BCUT2D eigenvalue weighted by molar-refractivity contribution is -0.290. The number of nitrogens with zero attached hydrogens (tertiary/aromatic N) is 2. The highest BCUT2D eigenvalue weighted by Crippen LogP contribution is 2.74. The Morgan fingerprint density at radius 1 is 0.333 bits per heavy atom. The first-order chi connectivity index (χ1) is 43.9. The van der Waals surface area contributed by atoms with Crippen molar-refractivity contribution in [2.45, 2.75) is 173 Å². The minimum absolute atomic E-state index is 0.0842. The lowest BCUT2D eigenvalue weighted by Crippen LogP contribution is -2.62. The molecule has 90 heavy (non-hydrogen) atoms. The summed E-state index contributed by atoms with van der Waals surface area (Å²) < 4.78 is 17.8. The van der Waals surface area contributed by atoms with Crippen LogP contribution in [0.3, 0.4) is 0 Å². The van der Waals surface area contributed by atoms with E-state index in [4.69, 9.17) is 9.47 Å². The Bertz CT molecular complexity index is 4010. The smallest absolute Gasteiger partial charge is 0.252 e. The van der Waals surface area contributed by atoms with E-state index >= 15 is 0 Å². The zero-order valence-corrected chi connectivity index (χ0v) is 54.5. The van der Waals surface area contributed by atoms with Crippen molar-refractivity contribution < 1.29 is 9.47 Å². The molecule has 0 aromatic heterocycles. The van der Waals surface area contributed by atoms with Gasteiger partial charge in [0.05, 0.1) is 11.4 Å². The summed E-state index contributed by atoms with van der Waals surface area (Å²) in [6, 6.07) is 60.8. The molecular formula is C85H93BN2O2. The zero-order valence-electron chi connectivity index (χ0n) is 54.5. The van der Waals surface area contributed by atoms with Gasteiger partial charge < -0.3 is 19.3 Å². The second-order valence-electron chi connectivity index (χ2n) is 33.7. The van der Waals surface area contributed by atoms with Crippen LogP contribution in [0, 0.1) is 94.7 Å². The molecule has 0 N–H and O–H groups in total. The van der Waals surface area contributed by atoms with Gasteiger partial charge in [0.2, 0.25) is 0 Å². The molecule has 10 bridgehead atoms. The van der Waals surface area contributed by atoms with Crippen LogP contribution in [-0.2, 0) is 31.9 Å². The lowest BCUT2D eigenvalue weighted by atomic mass is 9.32. The van der Waals surface area contributed by atoms with Gasteiger partial charge in [0.1, 0.15) is 22.4 Å². The number of hydrogen-bond donors (Lipinski definition) is 0. The molecule has 0 radical (unpaired) electrons. The van der Waals surface area contributed by atoms with E-state index < -0.39 is 0 Å². The van der Waals surface area contributed by atoms with Gasteiger partial charge in [-0.15, -0.1) is 0 Å². The number of ether oxygens (including phenoxy) is 2. The fourth-order valence-electron chi connectivity index (χ4n) is 26.3. The fraction of sp³-hybridized carbons (Fsp3) is 0.506. The van der Waals surface area contributed by atoms with Gasteiger partial charge in [-0.05, 0) is 296 Å². The Morgan fingerprint density at radius 3 is 1.04 bits per heavy atom. The molecule has 7 aromatic carbocycles. The molecule has 4 heterocycles. The molecule has 4 aliphatic heterocycles. The van der Waals surface area contributed by atoms with Crippen molar-refractivity contribution in [3.8, 4) is 22.3 Å². The second-order valence-corrected chi connectivity index (χ2v) is 33.7. The van der Waals surface area contributed by atoms with Crippen molar-refractivity contribution in [1.82, 2.24) is 0 Å². The SMILES string of the molecule is CC1CC2CC(C)C3(OC4(c5cc6c(cc53)B3c5cc7c(cc5N(c5ccccc5)c5c(-c8ccccc8)cc(-c8ccccc8)c(c53)N6c3ccccc3)C3(OC75C(C)CC6CC(C)CC5C6)C5CC6CC(C5)CC3C6)C(C)CC3CC(C)CC4C3)C(C1)C2. The first-order valence-corrected chi connectivity index (χ1v) is 36.7. The van der Waals surface area contributed by atoms with E-state index in [2.05, 4.69) is 203 Å². The normalized spacial score (nSPS) is 39.8. The van der Waals surface area contributed by atoms with Crippen LogP contribution in [0.1, 0.15) is 173 Å². The van der Waals surface area contributed by atoms with Crippen LogP contribution in [0.5, 0.6) is 0 Å². The molecule has 0 amide bonds. The van der Waals surface area contributed by atoms with Crippen molar-refractivity contribution in [1.29, 1.82) is 0 Å². The van der Waals surface area contributed by atoms with Crippen LogP contribution in [0.25, 0.3) is 22.3 Å². The highest BCUT2D eigenvalue weighted by molar-refractivity contribution is 7.00. The molecule has 458 valence electrons. The molecule has 4 nitrogen and oxygen atoms in total. The molecule has 7 aromatic rings. The zero-order chi connectivity index (χ0) is 59.9. The van der Waals surface area contributed by atoms with E-state index in [1.165, 1.54) is 182 Å². The van der Waals surface area contributed by atoms with Crippen molar-refractivity contribution >= 4 is 57.2 Å². The molecule has 14 aliphatic rings.